The largest absolute Gasteiger partial charge is 0.381 e. The summed E-state index contributed by atoms with van der Waals surface area (Å²) in [7, 11) is -5.41. The van der Waals surface area contributed by atoms with Gasteiger partial charge >= 0.3 is 0 Å². The standard InChI is InChI=1S/C22H36N4O6S.C21H34N4O6S.ClH/c1-5-10-17(26-21(29)18(23-6-2)14-33(4,31)32)20(28)22(30)24-13-19(27)25-15(3)16-11-8-7-9-12-16;1-5-9-16(25-20(28)17(22-3)13-32(4,30)31)19(27)21(29)23-12-18(26)24-14(2)15-10-7-6-8-11-15;/h7-9,11-12,15,17-18,20,23,28H,5-6,10,13-14H2,1-4H3,(H,24,30)(H,25,27)(H,26,29);6-8,10-11,14,16-17,19,22,27H,5,9,12-13H2,1-4H3,(H,23,29)(H,24,26)(H,25,28);1H. The predicted molar refractivity (Wildman–Crippen MR) is 255 cm³/mol. The summed E-state index contributed by atoms with van der Waals surface area (Å²) in [5.74, 6) is -4.57. The first-order valence-electron chi connectivity index (χ1n) is 21.4. The van der Waals surface area contributed by atoms with Gasteiger partial charge in [-0.2, -0.15) is 0 Å². The van der Waals surface area contributed by atoms with Crippen LogP contribution in [0.1, 0.15) is 83.5 Å². The lowest BCUT2D eigenvalue weighted by Gasteiger charge is -2.26. The Kier molecular flexibility index (Phi) is 29.1. The van der Waals surface area contributed by atoms with Crippen molar-refractivity contribution in [3.8, 4) is 0 Å². The summed E-state index contributed by atoms with van der Waals surface area (Å²) in [5.41, 5.74) is 1.82. The fourth-order valence-corrected chi connectivity index (χ4v) is 8.12. The van der Waals surface area contributed by atoms with Crippen molar-refractivity contribution in [3.63, 3.8) is 0 Å². The lowest BCUT2D eigenvalue weighted by atomic mass is 10.0. The molecular formula is C43H71ClN8O12S2. The summed E-state index contributed by atoms with van der Waals surface area (Å²) < 4.78 is 46.2. The van der Waals surface area contributed by atoms with E-state index in [1.165, 1.54) is 7.05 Å². The Morgan fingerprint density at radius 1 is 0.561 bits per heavy atom. The second-order valence-corrected chi connectivity index (χ2v) is 20.0. The smallest absolute Gasteiger partial charge is 0.251 e. The Morgan fingerprint density at radius 2 is 0.909 bits per heavy atom. The molecule has 10 N–H and O–H groups in total. The van der Waals surface area contributed by atoms with Crippen molar-refractivity contribution in [3.05, 3.63) is 71.8 Å². The third-order valence-corrected chi connectivity index (χ3v) is 11.6. The number of hydrogen-bond acceptors (Lipinski definition) is 14. The quantitative estimate of drug-likeness (QED) is 0.0531. The molecule has 0 aliphatic heterocycles. The molecule has 8 unspecified atom stereocenters. The van der Waals surface area contributed by atoms with Gasteiger partial charge in [0.1, 0.15) is 31.8 Å². The van der Waals surface area contributed by atoms with E-state index < -0.39 is 103 Å². The molecule has 0 spiro atoms. The van der Waals surface area contributed by atoms with E-state index in [1.54, 1.807) is 6.92 Å². The third-order valence-electron chi connectivity index (χ3n) is 9.73. The van der Waals surface area contributed by atoms with Crippen LogP contribution in [0, 0.1) is 0 Å². The van der Waals surface area contributed by atoms with Crippen LogP contribution in [0.2, 0.25) is 0 Å². The number of amides is 6. The maximum atomic E-state index is 12.6. The van der Waals surface area contributed by atoms with Gasteiger partial charge < -0.3 is 52.7 Å². The molecule has 0 aliphatic rings. The van der Waals surface area contributed by atoms with Gasteiger partial charge in [-0.3, -0.25) is 28.8 Å². The normalized spacial score (nSPS) is 14.9. The second kappa shape index (κ2) is 31.3. The molecule has 374 valence electrons. The number of benzene rings is 2. The van der Waals surface area contributed by atoms with Crippen LogP contribution in [0.5, 0.6) is 0 Å². The summed E-state index contributed by atoms with van der Waals surface area (Å²) in [5, 5.41) is 41.7. The molecule has 6 amide bonds. The monoisotopic (exact) mass is 990 g/mol. The van der Waals surface area contributed by atoms with Gasteiger partial charge in [-0.15, -0.1) is 12.4 Å². The van der Waals surface area contributed by atoms with Gasteiger partial charge in [-0.1, -0.05) is 94.3 Å². The lowest BCUT2D eigenvalue weighted by Crippen LogP contribution is -2.56. The molecule has 20 nitrogen and oxygen atoms in total. The van der Waals surface area contributed by atoms with Gasteiger partial charge in [-0.05, 0) is 51.4 Å². The number of aliphatic hydroxyl groups excluding tert-OH is 2. The summed E-state index contributed by atoms with van der Waals surface area (Å²) in [4.78, 5) is 74.2. The Hall–Kier alpha value is -4.71. The molecule has 0 aromatic heterocycles. The molecule has 2 rings (SSSR count). The van der Waals surface area contributed by atoms with Crippen molar-refractivity contribution in [1.29, 1.82) is 0 Å². The highest BCUT2D eigenvalue weighted by Gasteiger charge is 2.32. The molecule has 2 aromatic carbocycles. The van der Waals surface area contributed by atoms with E-state index in [0.29, 0.717) is 19.4 Å². The number of aliphatic hydroxyl groups is 2. The highest BCUT2D eigenvalue weighted by atomic mass is 35.5. The number of hydrogen-bond donors (Lipinski definition) is 10. The Morgan fingerprint density at radius 3 is 1.23 bits per heavy atom. The minimum Gasteiger partial charge on any atom is -0.381 e. The number of nitrogens with one attached hydrogen (secondary N) is 8. The average molecular weight is 992 g/mol. The average Bonchev–Trinajstić information content (AvgIpc) is 3.25. The van der Waals surface area contributed by atoms with E-state index in [-0.39, 0.29) is 50.4 Å². The van der Waals surface area contributed by atoms with Gasteiger partial charge in [-0.25, -0.2) is 16.8 Å². The fourth-order valence-electron chi connectivity index (χ4n) is 6.32. The molecule has 8 atom stereocenters. The summed E-state index contributed by atoms with van der Waals surface area (Å²) in [6.45, 7) is 8.68. The van der Waals surface area contributed by atoms with Gasteiger partial charge in [0.15, 0.2) is 12.2 Å². The van der Waals surface area contributed by atoms with Gasteiger partial charge in [0.2, 0.25) is 23.6 Å². The molecule has 0 saturated carbocycles. The van der Waals surface area contributed by atoms with Gasteiger partial charge in [0, 0.05) is 12.5 Å². The van der Waals surface area contributed by atoms with E-state index in [1.807, 2.05) is 88.4 Å². The zero-order valence-electron chi connectivity index (χ0n) is 39.0. The van der Waals surface area contributed by atoms with Crippen LogP contribution >= 0.6 is 12.4 Å². The molecule has 0 radical (unpaired) electrons. The zero-order valence-corrected chi connectivity index (χ0v) is 41.4. The minimum atomic E-state index is -3.43. The van der Waals surface area contributed by atoms with Crippen molar-refractivity contribution in [2.75, 3.05) is 50.7 Å². The molecule has 0 aliphatic carbocycles. The van der Waals surface area contributed by atoms with Crippen LogP contribution < -0.4 is 42.5 Å². The van der Waals surface area contributed by atoms with E-state index in [0.717, 1.165) is 23.6 Å². The molecule has 66 heavy (non-hydrogen) atoms. The Labute approximate surface area is 395 Å². The molecule has 23 heteroatoms. The summed E-state index contributed by atoms with van der Waals surface area (Å²) in [6, 6.07) is 14.2. The number of sulfone groups is 2. The summed E-state index contributed by atoms with van der Waals surface area (Å²) >= 11 is 0. The maximum Gasteiger partial charge on any atom is 0.251 e. The zero-order chi connectivity index (χ0) is 49.3. The van der Waals surface area contributed by atoms with E-state index in [9.17, 15) is 55.8 Å². The SMILES string of the molecule is CCCC(NC(=O)C(CS(C)(=O)=O)NC)C(O)C(=O)NCC(=O)NC(C)c1ccccc1.CCCC(NC(=O)C(CS(C)(=O)=O)NCC)C(O)C(=O)NCC(=O)NC(C)c1ccccc1.Cl. The van der Waals surface area contributed by atoms with Crippen molar-refractivity contribution in [2.24, 2.45) is 0 Å². The molecule has 0 heterocycles. The van der Waals surface area contributed by atoms with Crippen LogP contribution in [0.25, 0.3) is 0 Å². The van der Waals surface area contributed by atoms with E-state index in [2.05, 4.69) is 42.5 Å². The van der Waals surface area contributed by atoms with Crippen molar-refractivity contribution in [1.82, 2.24) is 42.5 Å². The molecular weight excluding hydrogens is 920 g/mol. The van der Waals surface area contributed by atoms with Gasteiger partial charge in [0.05, 0.1) is 48.8 Å². The van der Waals surface area contributed by atoms with E-state index in [4.69, 9.17) is 0 Å². The Balaban J connectivity index is 0.00000126. The summed E-state index contributed by atoms with van der Waals surface area (Å²) in [6.07, 6.45) is 0.522. The highest BCUT2D eigenvalue weighted by Crippen LogP contribution is 2.12. The first-order chi connectivity index (χ1) is 30.5. The number of carbonyl (C=O) groups excluding carboxylic acids is 6. The van der Waals surface area contributed by atoms with E-state index >= 15 is 0 Å². The number of carbonyl (C=O) groups is 6. The van der Waals surface area contributed by atoms with Crippen LogP contribution in [0.4, 0.5) is 0 Å². The molecule has 2 aromatic rings. The first kappa shape index (κ1) is 61.3. The number of halogens is 1. The topological polar surface area (TPSA) is 307 Å². The fraction of sp³-hybridized carbons (Fsp3) is 0.581. The molecule has 0 fully saturated rings. The van der Waals surface area contributed by atoms with Crippen molar-refractivity contribution in [2.45, 2.75) is 109 Å². The van der Waals surface area contributed by atoms with Crippen LogP contribution in [0.3, 0.4) is 0 Å². The second-order valence-electron chi connectivity index (χ2n) is 15.7. The van der Waals surface area contributed by atoms with Crippen molar-refractivity contribution < 1.29 is 55.8 Å². The highest BCUT2D eigenvalue weighted by molar-refractivity contribution is 7.91. The first-order valence-corrected chi connectivity index (χ1v) is 25.6. The maximum absolute atomic E-state index is 12.6. The van der Waals surface area contributed by atoms with Crippen LogP contribution in [-0.4, -0.2) is 150 Å². The Bertz CT molecular complexity index is 2040. The minimum absolute atomic E-state index is 0. The molecule has 0 bridgehead atoms. The predicted octanol–water partition coefficient (Wildman–Crippen LogP) is -0.671. The van der Waals surface area contributed by atoms with Crippen LogP contribution in [-0.2, 0) is 48.4 Å². The van der Waals surface area contributed by atoms with Gasteiger partial charge in [0.25, 0.3) is 11.8 Å². The number of rotatable bonds is 27. The third kappa shape index (κ3) is 24.7. The lowest BCUT2D eigenvalue weighted by molar-refractivity contribution is -0.135. The van der Waals surface area contributed by atoms with Crippen molar-refractivity contribution >= 4 is 67.5 Å². The van der Waals surface area contributed by atoms with Crippen LogP contribution in [0.15, 0.2) is 60.7 Å². The molecule has 0 saturated heterocycles. The number of likely N-dealkylation sites (N-methyl/N-ethyl adjacent to an activating group) is 2.